The molecule has 12 heteroatoms. The number of hydrogen-bond acceptors (Lipinski definition) is 7. The molecule has 0 aliphatic carbocycles. The molecule has 0 saturated carbocycles. The second kappa shape index (κ2) is 8.01. The van der Waals surface area contributed by atoms with Gasteiger partial charge in [-0.05, 0) is 24.5 Å². The fourth-order valence-corrected chi connectivity index (χ4v) is 4.04. The van der Waals surface area contributed by atoms with Gasteiger partial charge in [0.15, 0.2) is 5.16 Å². The summed E-state index contributed by atoms with van der Waals surface area (Å²) in [5.41, 5.74) is 0.502. The molecule has 0 saturated heterocycles. The van der Waals surface area contributed by atoms with Gasteiger partial charge in [0.05, 0.1) is 12.8 Å². The lowest BCUT2D eigenvalue weighted by Crippen LogP contribution is -2.48. The Labute approximate surface area is 184 Å². The molecule has 1 amide bonds. The van der Waals surface area contributed by atoms with E-state index in [0.29, 0.717) is 21.1 Å². The molecule has 0 spiro atoms. The molecule has 2 aromatic heterocycles. The van der Waals surface area contributed by atoms with Crippen molar-refractivity contribution in [3.63, 3.8) is 0 Å². The molecule has 0 N–H and O–H groups in total. The van der Waals surface area contributed by atoms with Crippen molar-refractivity contribution in [1.29, 1.82) is 0 Å². The van der Waals surface area contributed by atoms with E-state index in [-0.39, 0.29) is 41.5 Å². The van der Waals surface area contributed by atoms with Gasteiger partial charge >= 0.3 is 12.1 Å². The number of carbonyl (C=O) groups excluding carboxylic acids is 1. The molecule has 0 radical (unpaired) electrons. The molecule has 168 valence electrons. The van der Waals surface area contributed by atoms with Crippen LogP contribution in [0.15, 0.2) is 40.4 Å². The third kappa shape index (κ3) is 3.53. The molecule has 0 atom stereocenters. The number of ether oxygens (including phenoxy) is 1. The van der Waals surface area contributed by atoms with Gasteiger partial charge in [0, 0.05) is 31.7 Å². The summed E-state index contributed by atoms with van der Waals surface area (Å²) in [7, 11) is 2.88. The predicted octanol–water partition coefficient (Wildman–Crippen LogP) is 3.11. The smallest absolute Gasteiger partial charge is 0.471 e. The minimum Gasteiger partial charge on any atom is -0.494 e. The number of para-hydroxylation sites is 1. The van der Waals surface area contributed by atoms with Crippen LogP contribution in [-0.4, -0.2) is 53.1 Å². The number of carbonyl (C=O) groups is 1. The van der Waals surface area contributed by atoms with Crippen LogP contribution in [-0.2, 0) is 11.8 Å². The van der Waals surface area contributed by atoms with Gasteiger partial charge in [0.25, 0.3) is 5.56 Å². The van der Waals surface area contributed by atoms with Crippen LogP contribution in [0.5, 0.6) is 5.75 Å². The quantitative estimate of drug-likeness (QED) is 0.434. The number of aromatic nitrogens is 3. The molecule has 32 heavy (non-hydrogen) atoms. The first-order chi connectivity index (χ1) is 15.2. The van der Waals surface area contributed by atoms with E-state index in [4.69, 9.17) is 4.74 Å². The van der Waals surface area contributed by atoms with Crippen LogP contribution >= 0.6 is 11.8 Å². The lowest BCUT2D eigenvalue weighted by molar-refractivity contribution is -0.170. The van der Waals surface area contributed by atoms with Crippen molar-refractivity contribution in [2.75, 3.05) is 36.3 Å². The number of alkyl halides is 3. The number of thioether (sulfide) groups is 1. The van der Waals surface area contributed by atoms with Crippen molar-refractivity contribution >= 4 is 45.8 Å². The molecular formula is C20H18F3N5O3S. The monoisotopic (exact) mass is 465 g/mol. The standard InChI is InChI=1S/C20H18F3N5O3S/c1-26-16-11(10-24-19(25-16)32-3)9-13(17(26)29)27-7-8-28(18(30)20(21,22)23)15-12(27)5-4-6-14(15)31-2/h4-6,9-10H,7-8H2,1-3H3. The Balaban J connectivity index is 1.91. The third-order valence-electron chi connectivity index (χ3n) is 5.17. The third-order valence-corrected chi connectivity index (χ3v) is 5.74. The second-order valence-corrected chi connectivity index (χ2v) is 7.74. The number of rotatable bonds is 3. The number of nitrogens with zero attached hydrogens (tertiary/aromatic N) is 5. The lowest BCUT2D eigenvalue weighted by atomic mass is 10.1. The van der Waals surface area contributed by atoms with E-state index in [0.717, 1.165) is 0 Å². The van der Waals surface area contributed by atoms with E-state index >= 15 is 0 Å². The summed E-state index contributed by atoms with van der Waals surface area (Å²) in [4.78, 5) is 36.1. The number of fused-ring (bicyclic) bond motifs is 2. The average molecular weight is 465 g/mol. The minimum absolute atomic E-state index is 0.0213. The van der Waals surface area contributed by atoms with E-state index in [1.165, 1.54) is 29.5 Å². The zero-order valence-corrected chi connectivity index (χ0v) is 18.1. The molecule has 0 bridgehead atoms. The topological polar surface area (TPSA) is 80.6 Å². The first-order valence-electron chi connectivity index (χ1n) is 9.41. The Hall–Kier alpha value is -3.28. The molecule has 3 aromatic rings. The van der Waals surface area contributed by atoms with Crippen molar-refractivity contribution in [1.82, 2.24) is 14.5 Å². The molecule has 1 aliphatic rings. The average Bonchev–Trinajstić information content (AvgIpc) is 2.79. The summed E-state index contributed by atoms with van der Waals surface area (Å²) >= 11 is 1.34. The van der Waals surface area contributed by atoms with Gasteiger partial charge in [-0.2, -0.15) is 13.2 Å². The van der Waals surface area contributed by atoms with Crippen LogP contribution in [0.2, 0.25) is 0 Å². The van der Waals surface area contributed by atoms with Crippen molar-refractivity contribution in [2.24, 2.45) is 7.05 Å². The molecular weight excluding hydrogens is 447 g/mol. The van der Waals surface area contributed by atoms with Crippen LogP contribution < -0.4 is 20.1 Å². The van der Waals surface area contributed by atoms with Gasteiger partial charge in [0.2, 0.25) is 0 Å². The van der Waals surface area contributed by atoms with Gasteiger partial charge in [-0.15, -0.1) is 0 Å². The molecule has 0 fully saturated rings. The highest BCUT2D eigenvalue weighted by atomic mass is 32.2. The van der Waals surface area contributed by atoms with Gasteiger partial charge in [-0.1, -0.05) is 17.8 Å². The summed E-state index contributed by atoms with van der Waals surface area (Å²) in [6, 6.07) is 6.21. The van der Waals surface area contributed by atoms with Gasteiger partial charge in [0.1, 0.15) is 22.8 Å². The minimum atomic E-state index is -5.05. The Morgan fingerprint density at radius 1 is 1.22 bits per heavy atom. The summed E-state index contributed by atoms with van der Waals surface area (Å²) in [6.45, 7) is -0.304. The van der Waals surface area contributed by atoms with E-state index < -0.39 is 12.1 Å². The fourth-order valence-electron chi connectivity index (χ4n) is 3.71. The highest BCUT2D eigenvalue weighted by Gasteiger charge is 2.46. The number of pyridine rings is 1. The number of amides is 1. The van der Waals surface area contributed by atoms with Gasteiger partial charge in [-0.25, -0.2) is 9.97 Å². The normalized spacial score (nSPS) is 13.9. The van der Waals surface area contributed by atoms with E-state index in [1.54, 1.807) is 36.3 Å². The molecule has 8 nitrogen and oxygen atoms in total. The zero-order chi connectivity index (χ0) is 23.2. The first kappa shape index (κ1) is 21.9. The predicted molar refractivity (Wildman–Crippen MR) is 115 cm³/mol. The summed E-state index contributed by atoms with van der Waals surface area (Å²) in [5.74, 6) is -1.90. The van der Waals surface area contributed by atoms with E-state index in [2.05, 4.69) is 9.97 Å². The van der Waals surface area contributed by atoms with E-state index in [1.807, 2.05) is 6.26 Å². The van der Waals surface area contributed by atoms with Crippen molar-refractivity contribution in [3.8, 4) is 5.75 Å². The van der Waals surface area contributed by atoms with Crippen LogP contribution in [0.4, 0.5) is 30.2 Å². The number of benzene rings is 1. The molecule has 1 aromatic carbocycles. The maximum atomic E-state index is 13.2. The second-order valence-electron chi connectivity index (χ2n) is 6.96. The first-order valence-corrected chi connectivity index (χ1v) is 10.6. The molecule has 4 rings (SSSR count). The Kier molecular flexibility index (Phi) is 5.49. The van der Waals surface area contributed by atoms with Crippen molar-refractivity contribution in [2.45, 2.75) is 11.3 Å². The maximum Gasteiger partial charge on any atom is 0.471 e. The van der Waals surface area contributed by atoms with Gasteiger partial charge < -0.3 is 9.64 Å². The number of hydrogen-bond donors (Lipinski definition) is 0. The zero-order valence-electron chi connectivity index (χ0n) is 17.3. The van der Waals surface area contributed by atoms with Crippen molar-refractivity contribution < 1.29 is 22.7 Å². The highest BCUT2D eigenvalue weighted by molar-refractivity contribution is 7.98. The largest absolute Gasteiger partial charge is 0.494 e. The number of anilines is 3. The van der Waals surface area contributed by atoms with Gasteiger partial charge in [-0.3, -0.25) is 19.1 Å². The Bertz CT molecular complexity index is 1280. The van der Waals surface area contributed by atoms with Crippen LogP contribution in [0.3, 0.4) is 0 Å². The summed E-state index contributed by atoms with van der Waals surface area (Å²) in [6.07, 6.45) is -1.64. The molecule has 1 aliphatic heterocycles. The number of halogens is 3. The summed E-state index contributed by atoms with van der Waals surface area (Å²) in [5, 5.41) is 1.10. The van der Waals surface area contributed by atoms with E-state index in [9.17, 15) is 22.8 Å². The van der Waals surface area contributed by atoms with Crippen LogP contribution in [0.25, 0.3) is 11.0 Å². The molecule has 0 unspecified atom stereocenters. The number of methoxy groups -OCH3 is 1. The molecule has 3 heterocycles. The SMILES string of the molecule is COc1cccc2c1N(C(=O)C(F)(F)F)CCN2c1cc2cnc(SC)nc2n(C)c1=O. The fraction of sp³-hybridized carbons (Fsp3) is 0.300. The lowest BCUT2D eigenvalue weighted by Gasteiger charge is -2.38. The highest BCUT2D eigenvalue weighted by Crippen LogP contribution is 2.44. The maximum absolute atomic E-state index is 13.2. The van der Waals surface area contributed by atoms with Crippen LogP contribution in [0, 0.1) is 0 Å². The number of aryl methyl sites for hydroxylation is 1. The van der Waals surface area contributed by atoms with Crippen LogP contribution in [0.1, 0.15) is 0 Å². The van der Waals surface area contributed by atoms with Crippen molar-refractivity contribution in [3.05, 3.63) is 40.8 Å². The summed E-state index contributed by atoms with van der Waals surface area (Å²) < 4.78 is 46.3. The Morgan fingerprint density at radius 3 is 2.62 bits per heavy atom. The Morgan fingerprint density at radius 2 is 1.97 bits per heavy atom.